The molecule has 78 valence electrons. The van der Waals surface area contributed by atoms with Crippen molar-refractivity contribution in [3.63, 3.8) is 0 Å². The molecule has 1 aromatic carbocycles. The third-order valence-corrected chi connectivity index (χ3v) is 1.75. The third kappa shape index (κ3) is 4.03. The van der Waals surface area contributed by atoms with E-state index in [9.17, 15) is 4.79 Å². The lowest BCUT2D eigenvalue weighted by Gasteiger charge is -1.94. The molecule has 0 aromatic heterocycles. The molecule has 0 heterocycles. The molecule has 0 unspecified atom stereocenters. The molecule has 1 rings (SSSR count). The monoisotopic (exact) mass is 243 g/mol. The summed E-state index contributed by atoms with van der Waals surface area (Å²) >= 11 is 5.69. The van der Waals surface area contributed by atoms with Crippen molar-refractivity contribution in [2.24, 2.45) is 0 Å². The zero-order valence-corrected chi connectivity index (χ0v) is 9.05. The van der Waals surface area contributed by atoms with Crippen LogP contribution in [0.4, 0.5) is 0 Å². The molecule has 0 atom stereocenters. The average molecular weight is 244 g/mol. The summed E-state index contributed by atoms with van der Waals surface area (Å²) in [6.45, 7) is 0. The Bertz CT molecular complexity index is 435. The van der Waals surface area contributed by atoms with Gasteiger partial charge in [-0.25, -0.2) is 4.79 Å². The fraction of sp³-hybridized carbons (Fsp3) is 0. The van der Waals surface area contributed by atoms with Crippen LogP contribution in [0.1, 0.15) is 5.56 Å². The summed E-state index contributed by atoms with van der Waals surface area (Å²) in [6.07, 6.45) is 1.27. The number of nitriles is 1. The smallest absolute Gasteiger partial charge is 0.346 e. The molecule has 1 aromatic rings. The van der Waals surface area contributed by atoms with Gasteiger partial charge in [0.15, 0.2) is 0 Å². The summed E-state index contributed by atoms with van der Waals surface area (Å²) in [7, 11) is 0. The first-order valence-corrected chi connectivity index (χ1v) is 4.12. The molecule has 5 heteroatoms. The van der Waals surface area contributed by atoms with Crippen LogP contribution in [0.25, 0.3) is 6.08 Å². The minimum absolute atomic E-state index is 0. The molecule has 1 N–H and O–H groups in total. The van der Waals surface area contributed by atoms with Gasteiger partial charge in [0.1, 0.15) is 11.6 Å². The molecule has 0 aliphatic heterocycles. The normalized spacial score (nSPS) is 10.0. The minimum atomic E-state index is -1.24. The molecule has 0 radical (unpaired) electrons. The topological polar surface area (TPSA) is 61.1 Å². The molecule has 0 saturated heterocycles. The standard InChI is InChI=1S/C10H6ClNO2.ClH/c11-9-3-1-2-7(5-9)4-8(6-12)10(13)14;/h1-5H,(H,13,14);1H. The summed E-state index contributed by atoms with van der Waals surface area (Å²) in [6, 6.07) is 8.20. The Hall–Kier alpha value is -1.50. The summed E-state index contributed by atoms with van der Waals surface area (Å²) in [4.78, 5) is 10.5. The maximum Gasteiger partial charge on any atom is 0.346 e. The van der Waals surface area contributed by atoms with Crippen molar-refractivity contribution in [2.45, 2.75) is 0 Å². The quantitative estimate of drug-likeness (QED) is 0.642. The van der Waals surface area contributed by atoms with Crippen LogP contribution < -0.4 is 0 Å². The number of benzene rings is 1. The summed E-state index contributed by atoms with van der Waals surface area (Å²) in [5, 5.41) is 17.6. The number of aliphatic carboxylic acids is 1. The van der Waals surface area contributed by atoms with E-state index in [4.69, 9.17) is 22.0 Å². The third-order valence-electron chi connectivity index (χ3n) is 1.51. The van der Waals surface area contributed by atoms with Crippen molar-refractivity contribution in [1.29, 1.82) is 5.26 Å². The minimum Gasteiger partial charge on any atom is -0.477 e. The Labute approximate surface area is 98.0 Å². The van der Waals surface area contributed by atoms with E-state index in [-0.39, 0.29) is 18.0 Å². The highest BCUT2D eigenvalue weighted by atomic mass is 35.5. The van der Waals surface area contributed by atoms with Crippen LogP contribution in [0, 0.1) is 11.3 Å². The molecule has 0 aliphatic carbocycles. The number of carbonyl (C=O) groups is 1. The second-order valence-corrected chi connectivity index (χ2v) is 2.97. The van der Waals surface area contributed by atoms with E-state index in [1.165, 1.54) is 6.08 Å². The van der Waals surface area contributed by atoms with Crippen molar-refractivity contribution < 1.29 is 9.90 Å². The van der Waals surface area contributed by atoms with E-state index in [1.54, 1.807) is 30.3 Å². The lowest BCUT2D eigenvalue weighted by molar-refractivity contribution is -0.132. The second kappa shape index (κ2) is 6.07. The van der Waals surface area contributed by atoms with Gasteiger partial charge < -0.3 is 5.11 Å². The second-order valence-electron chi connectivity index (χ2n) is 2.53. The SMILES string of the molecule is Cl.N#CC(=Cc1cccc(Cl)c1)C(=O)O. The van der Waals surface area contributed by atoms with E-state index >= 15 is 0 Å². The average Bonchev–Trinajstić information content (AvgIpc) is 2.14. The Morgan fingerprint density at radius 3 is 2.67 bits per heavy atom. The van der Waals surface area contributed by atoms with Crippen LogP contribution >= 0.6 is 24.0 Å². The predicted molar refractivity (Wildman–Crippen MR) is 59.9 cm³/mol. The Morgan fingerprint density at radius 1 is 1.53 bits per heavy atom. The Balaban J connectivity index is 0.00000196. The number of rotatable bonds is 2. The Morgan fingerprint density at radius 2 is 2.20 bits per heavy atom. The van der Waals surface area contributed by atoms with Gasteiger partial charge in [0.2, 0.25) is 0 Å². The lowest BCUT2D eigenvalue weighted by atomic mass is 10.1. The number of carboxylic acids is 1. The number of halogens is 2. The molecule has 0 amide bonds. The number of nitrogens with zero attached hydrogens (tertiary/aromatic N) is 1. The van der Waals surface area contributed by atoms with Gasteiger partial charge in [-0.3, -0.25) is 0 Å². The number of hydrogen-bond donors (Lipinski definition) is 1. The number of hydrogen-bond acceptors (Lipinski definition) is 2. The maximum absolute atomic E-state index is 10.5. The number of carboxylic acid groups (broad SMARTS) is 1. The molecule has 0 saturated carbocycles. The van der Waals surface area contributed by atoms with Gasteiger partial charge in [-0.2, -0.15) is 5.26 Å². The van der Waals surface area contributed by atoms with E-state index < -0.39 is 5.97 Å². The van der Waals surface area contributed by atoms with Crippen LogP contribution in [-0.2, 0) is 4.79 Å². The fourth-order valence-electron chi connectivity index (χ4n) is 0.905. The van der Waals surface area contributed by atoms with E-state index in [0.29, 0.717) is 10.6 Å². The van der Waals surface area contributed by atoms with Crippen molar-refractivity contribution >= 4 is 36.1 Å². The highest BCUT2D eigenvalue weighted by molar-refractivity contribution is 6.30. The highest BCUT2D eigenvalue weighted by Gasteiger charge is 2.05. The molecule has 0 bridgehead atoms. The van der Waals surface area contributed by atoms with Gasteiger partial charge >= 0.3 is 5.97 Å². The molecule has 0 aliphatic rings. The molecule has 15 heavy (non-hydrogen) atoms. The lowest BCUT2D eigenvalue weighted by Crippen LogP contribution is -1.97. The first-order valence-electron chi connectivity index (χ1n) is 3.74. The van der Waals surface area contributed by atoms with E-state index in [0.717, 1.165) is 0 Å². The van der Waals surface area contributed by atoms with Gasteiger partial charge in [-0.05, 0) is 23.8 Å². The first kappa shape index (κ1) is 13.5. The van der Waals surface area contributed by atoms with Gasteiger partial charge in [0, 0.05) is 5.02 Å². The largest absolute Gasteiger partial charge is 0.477 e. The molecular formula is C10H7Cl2NO2. The van der Waals surface area contributed by atoms with Gasteiger partial charge in [-0.1, -0.05) is 23.7 Å². The fourth-order valence-corrected chi connectivity index (χ4v) is 1.10. The van der Waals surface area contributed by atoms with Crippen LogP contribution in [0.5, 0.6) is 0 Å². The molecule has 3 nitrogen and oxygen atoms in total. The predicted octanol–water partition coefficient (Wildman–Crippen LogP) is 2.75. The van der Waals surface area contributed by atoms with Crippen molar-refractivity contribution in [3.8, 4) is 6.07 Å². The van der Waals surface area contributed by atoms with Crippen molar-refractivity contribution in [2.75, 3.05) is 0 Å². The van der Waals surface area contributed by atoms with Crippen LogP contribution in [0.15, 0.2) is 29.8 Å². The van der Waals surface area contributed by atoms with Crippen LogP contribution in [0.3, 0.4) is 0 Å². The van der Waals surface area contributed by atoms with Gasteiger partial charge in [0.25, 0.3) is 0 Å². The van der Waals surface area contributed by atoms with Crippen LogP contribution in [0.2, 0.25) is 5.02 Å². The van der Waals surface area contributed by atoms with Crippen molar-refractivity contribution in [3.05, 3.63) is 40.4 Å². The molecule has 0 spiro atoms. The molecule has 0 fully saturated rings. The van der Waals surface area contributed by atoms with Gasteiger partial charge in [0.05, 0.1) is 0 Å². The Kier molecular flexibility index (Phi) is 5.46. The maximum atomic E-state index is 10.5. The zero-order valence-electron chi connectivity index (χ0n) is 7.48. The molecular weight excluding hydrogens is 237 g/mol. The summed E-state index contributed by atoms with van der Waals surface area (Å²) in [5.74, 6) is -1.24. The van der Waals surface area contributed by atoms with Crippen molar-refractivity contribution in [1.82, 2.24) is 0 Å². The first-order chi connectivity index (χ1) is 6.63. The van der Waals surface area contributed by atoms with Gasteiger partial charge in [-0.15, -0.1) is 12.4 Å². The summed E-state index contributed by atoms with van der Waals surface area (Å²) < 4.78 is 0. The van der Waals surface area contributed by atoms with E-state index in [2.05, 4.69) is 0 Å². The highest BCUT2D eigenvalue weighted by Crippen LogP contribution is 2.13. The zero-order chi connectivity index (χ0) is 10.6. The summed E-state index contributed by atoms with van der Waals surface area (Å²) in [5.41, 5.74) is 0.281. The van der Waals surface area contributed by atoms with E-state index in [1.807, 2.05) is 0 Å². The van der Waals surface area contributed by atoms with Crippen LogP contribution in [-0.4, -0.2) is 11.1 Å².